The molecule has 0 fully saturated rings. The summed E-state index contributed by atoms with van der Waals surface area (Å²) in [6.45, 7) is 0. The zero-order valence-electron chi connectivity index (χ0n) is 13.0. The van der Waals surface area contributed by atoms with Crippen molar-refractivity contribution in [2.45, 2.75) is 0 Å². The minimum Gasteiger partial charge on any atom is -0.344 e. The number of allylic oxidation sites excluding steroid dienone is 2. The van der Waals surface area contributed by atoms with Gasteiger partial charge in [0, 0.05) is 0 Å². The van der Waals surface area contributed by atoms with E-state index in [4.69, 9.17) is 39.0 Å². The van der Waals surface area contributed by atoms with E-state index in [-0.39, 0.29) is 32.7 Å². The van der Waals surface area contributed by atoms with Crippen molar-refractivity contribution in [1.29, 1.82) is 15.8 Å². The normalized spacial score (nSPS) is 9.19. The van der Waals surface area contributed by atoms with E-state index < -0.39 is 11.5 Å². The van der Waals surface area contributed by atoms with Crippen LogP contribution in [-0.4, -0.2) is 5.91 Å². The molecule has 8 heteroatoms. The number of benzene rings is 2. The van der Waals surface area contributed by atoms with Gasteiger partial charge in [0.25, 0.3) is 5.91 Å². The van der Waals surface area contributed by atoms with Crippen LogP contribution in [0.15, 0.2) is 53.7 Å². The third-order valence-corrected chi connectivity index (χ3v) is 3.85. The van der Waals surface area contributed by atoms with Gasteiger partial charge in [-0.05, 0) is 24.3 Å². The van der Waals surface area contributed by atoms with Crippen molar-refractivity contribution in [2.75, 3.05) is 10.6 Å². The Morgan fingerprint density at radius 3 is 2.04 bits per heavy atom. The molecule has 0 spiro atoms. The Bertz CT molecular complexity index is 989. The first kappa shape index (κ1) is 18.8. The molecular formula is C18H9Cl2N5O. The molecule has 2 N–H and O–H groups in total. The first-order chi connectivity index (χ1) is 12.5. The van der Waals surface area contributed by atoms with Gasteiger partial charge in [-0.25, -0.2) is 0 Å². The van der Waals surface area contributed by atoms with Gasteiger partial charge in [0.15, 0.2) is 5.57 Å². The Morgan fingerprint density at radius 1 is 0.846 bits per heavy atom. The zero-order valence-corrected chi connectivity index (χ0v) is 14.6. The van der Waals surface area contributed by atoms with Gasteiger partial charge < -0.3 is 10.6 Å². The van der Waals surface area contributed by atoms with Crippen LogP contribution in [0.2, 0.25) is 10.0 Å². The third kappa shape index (κ3) is 4.12. The molecule has 2 aromatic carbocycles. The van der Waals surface area contributed by atoms with E-state index in [1.807, 2.05) is 0 Å². The Kier molecular flexibility index (Phi) is 6.20. The van der Waals surface area contributed by atoms with Crippen molar-refractivity contribution >= 4 is 40.5 Å². The first-order valence-electron chi connectivity index (χ1n) is 7.07. The van der Waals surface area contributed by atoms with Crippen molar-refractivity contribution in [2.24, 2.45) is 0 Å². The molecule has 0 saturated carbocycles. The van der Waals surface area contributed by atoms with E-state index in [9.17, 15) is 4.79 Å². The molecule has 0 atom stereocenters. The van der Waals surface area contributed by atoms with Crippen molar-refractivity contribution in [1.82, 2.24) is 0 Å². The van der Waals surface area contributed by atoms with Crippen LogP contribution in [0.3, 0.4) is 0 Å². The monoisotopic (exact) mass is 381 g/mol. The van der Waals surface area contributed by atoms with Gasteiger partial charge >= 0.3 is 0 Å². The molecule has 0 unspecified atom stereocenters. The maximum Gasteiger partial charge on any atom is 0.257 e. The van der Waals surface area contributed by atoms with E-state index in [0.29, 0.717) is 0 Å². The molecule has 0 bridgehead atoms. The van der Waals surface area contributed by atoms with Gasteiger partial charge in [-0.1, -0.05) is 41.4 Å². The number of rotatable bonds is 4. The molecule has 126 valence electrons. The van der Waals surface area contributed by atoms with Gasteiger partial charge in [-0.2, -0.15) is 15.8 Å². The largest absolute Gasteiger partial charge is 0.344 e. The van der Waals surface area contributed by atoms with Crippen molar-refractivity contribution < 1.29 is 4.79 Å². The van der Waals surface area contributed by atoms with Crippen LogP contribution in [0, 0.1) is 34.0 Å². The highest BCUT2D eigenvalue weighted by molar-refractivity contribution is 6.40. The minimum atomic E-state index is -0.532. The van der Waals surface area contributed by atoms with E-state index in [1.165, 1.54) is 12.1 Å². The fraction of sp³-hybridized carbons (Fsp3) is 0. The molecule has 1 amide bonds. The van der Waals surface area contributed by atoms with Crippen LogP contribution in [0.25, 0.3) is 0 Å². The number of halogens is 2. The fourth-order valence-corrected chi connectivity index (χ4v) is 2.50. The lowest BCUT2D eigenvalue weighted by Crippen LogP contribution is -2.15. The Morgan fingerprint density at radius 2 is 1.46 bits per heavy atom. The van der Waals surface area contributed by atoms with E-state index in [0.717, 1.165) is 0 Å². The number of para-hydroxylation sites is 2. The number of amides is 1. The molecule has 0 saturated heterocycles. The van der Waals surface area contributed by atoms with Crippen LogP contribution in [-0.2, 0) is 0 Å². The molecule has 0 aliphatic heterocycles. The van der Waals surface area contributed by atoms with E-state index >= 15 is 0 Å². The van der Waals surface area contributed by atoms with Gasteiger partial charge in [-0.15, -0.1) is 0 Å². The Balaban J connectivity index is 2.40. The lowest BCUT2D eigenvalue weighted by molar-refractivity contribution is 0.102. The van der Waals surface area contributed by atoms with Crippen LogP contribution >= 0.6 is 23.2 Å². The molecule has 0 aliphatic carbocycles. The van der Waals surface area contributed by atoms with E-state index in [1.54, 1.807) is 48.5 Å². The maximum atomic E-state index is 12.6. The third-order valence-electron chi connectivity index (χ3n) is 3.22. The molecule has 0 aromatic heterocycles. The molecular weight excluding hydrogens is 373 g/mol. The number of nitrogens with zero attached hydrogens (tertiary/aromatic N) is 3. The SMILES string of the molecule is N#CC(C#N)=C(C#N)Nc1ccccc1C(=O)Nc1c(Cl)cccc1Cl. The van der Waals surface area contributed by atoms with Crippen LogP contribution in [0.4, 0.5) is 11.4 Å². The molecule has 0 radical (unpaired) electrons. The number of anilines is 2. The summed E-state index contributed by atoms with van der Waals surface area (Å²) in [5.41, 5.74) is 0.0171. The topological polar surface area (TPSA) is 112 Å². The van der Waals surface area contributed by atoms with Gasteiger partial charge in [0.2, 0.25) is 0 Å². The summed E-state index contributed by atoms with van der Waals surface area (Å²) in [7, 11) is 0. The standard InChI is InChI=1S/C18H9Cl2N5O/c19-13-5-3-6-14(20)17(13)25-18(26)12-4-1-2-7-15(12)24-16(10-23)11(8-21)9-22/h1-7,24H,(H,25,26). The number of hydrogen-bond acceptors (Lipinski definition) is 5. The van der Waals surface area contributed by atoms with Crippen LogP contribution in [0.5, 0.6) is 0 Å². The average molecular weight is 382 g/mol. The van der Waals surface area contributed by atoms with Gasteiger partial charge in [0.1, 0.15) is 23.9 Å². The molecule has 26 heavy (non-hydrogen) atoms. The predicted molar refractivity (Wildman–Crippen MR) is 98.3 cm³/mol. The summed E-state index contributed by atoms with van der Waals surface area (Å²) < 4.78 is 0. The highest BCUT2D eigenvalue weighted by atomic mass is 35.5. The first-order valence-corrected chi connectivity index (χ1v) is 7.83. The number of carbonyl (C=O) groups excluding carboxylic acids is 1. The smallest absolute Gasteiger partial charge is 0.257 e. The summed E-state index contributed by atoms with van der Waals surface area (Å²) in [6.07, 6.45) is 0. The second-order valence-corrected chi connectivity index (χ2v) is 5.62. The van der Waals surface area contributed by atoms with E-state index in [2.05, 4.69) is 10.6 Å². The number of hydrogen-bond donors (Lipinski definition) is 2. The quantitative estimate of drug-likeness (QED) is 0.757. The van der Waals surface area contributed by atoms with Crippen molar-refractivity contribution in [3.05, 3.63) is 69.3 Å². The molecule has 0 aliphatic rings. The molecule has 2 aromatic rings. The minimum absolute atomic E-state index is 0.173. The average Bonchev–Trinajstić information content (AvgIpc) is 2.65. The van der Waals surface area contributed by atoms with Crippen LogP contribution < -0.4 is 10.6 Å². The van der Waals surface area contributed by atoms with Gasteiger partial charge in [-0.3, -0.25) is 4.79 Å². The second kappa shape index (κ2) is 8.55. The summed E-state index contributed by atoms with van der Waals surface area (Å²) in [6, 6.07) is 16.1. The van der Waals surface area contributed by atoms with Crippen molar-refractivity contribution in [3.8, 4) is 18.2 Å². The lowest BCUT2D eigenvalue weighted by Gasteiger charge is -2.13. The number of carbonyl (C=O) groups is 1. The maximum absolute atomic E-state index is 12.6. The summed E-state index contributed by atoms with van der Waals surface area (Å²) in [5.74, 6) is -0.532. The summed E-state index contributed by atoms with van der Waals surface area (Å²) in [4.78, 5) is 12.6. The summed E-state index contributed by atoms with van der Waals surface area (Å²) >= 11 is 12.1. The highest BCUT2D eigenvalue weighted by Crippen LogP contribution is 2.31. The second-order valence-electron chi connectivity index (χ2n) is 4.81. The zero-order chi connectivity index (χ0) is 19.1. The van der Waals surface area contributed by atoms with Crippen molar-refractivity contribution in [3.63, 3.8) is 0 Å². The Hall–Kier alpha value is -3.50. The summed E-state index contributed by atoms with van der Waals surface area (Å²) in [5, 5.41) is 32.8. The fourth-order valence-electron chi connectivity index (χ4n) is 2.01. The molecule has 0 heterocycles. The molecule has 6 nitrogen and oxygen atoms in total. The Labute approximate surface area is 159 Å². The number of nitriles is 3. The molecule has 2 rings (SSSR count). The van der Waals surface area contributed by atoms with Gasteiger partial charge in [0.05, 0.1) is 27.0 Å². The predicted octanol–water partition coefficient (Wildman–Crippen LogP) is 4.48. The van der Waals surface area contributed by atoms with Crippen LogP contribution in [0.1, 0.15) is 10.4 Å². The lowest BCUT2D eigenvalue weighted by atomic mass is 10.1. The number of nitrogens with one attached hydrogen (secondary N) is 2. The highest BCUT2D eigenvalue weighted by Gasteiger charge is 2.16.